The summed E-state index contributed by atoms with van der Waals surface area (Å²) in [6.07, 6.45) is 0. The number of nitrogens with one attached hydrogen (secondary N) is 2. The second-order valence-electron chi connectivity index (χ2n) is 7.20. The van der Waals surface area contributed by atoms with Crippen molar-refractivity contribution in [2.45, 2.75) is 42.0 Å². The Bertz CT molecular complexity index is 919. The Kier molecular flexibility index (Phi) is 4.33. The molecule has 0 aliphatic carbocycles. The quantitative estimate of drug-likeness (QED) is 0.479. The molecular weight excluding hydrogens is 384 g/mol. The Morgan fingerprint density at radius 3 is 2.64 bits per heavy atom. The fraction of sp³-hybridized carbons (Fsp3) is 0.412. The number of amides is 2. The largest absolute Gasteiger partial charge is 0.480 e. The van der Waals surface area contributed by atoms with Crippen molar-refractivity contribution in [2.75, 3.05) is 0 Å². The van der Waals surface area contributed by atoms with Gasteiger partial charge in [-0.3, -0.25) is 14.4 Å². The Morgan fingerprint density at radius 2 is 2.04 bits per heavy atom. The van der Waals surface area contributed by atoms with Gasteiger partial charge >= 0.3 is 5.97 Å². The van der Waals surface area contributed by atoms with Crippen LogP contribution < -0.4 is 5.32 Å². The van der Waals surface area contributed by atoms with Crippen LogP contribution in [0.3, 0.4) is 0 Å². The predicted octanol–water partition coefficient (Wildman–Crippen LogP) is 0.288. The van der Waals surface area contributed by atoms with Crippen molar-refractivity contribution >= 4 is 29.5 Å². The number of aromatic nitrogens is 4. The minimum atomic E-state index is -1.38. The smallest absolute Gasteiger partial charge is 0.320 e. The molecule has 3 heterocycles. The van der Waals surface area contributed by atoms with E-state index >= 15 is 0 Å². The van der Waals surface area contributed by atoms with Crippen LogP contribution in [0.15, 0.2) is 30.3 Å². The van der Waals surface area contributed by atoms with Gasteiger partial charge < -0.3 is 15.3 Å². The molecule has 2 fully saturated rings. The van der Waals surface area contributed by atoms with Crippen molar-refractivity contribution < 1.29 is 19.5 Å². The number of hydrogen-bond acceptors (Lipinski definition) is 7. The van der Waals surface area contributed by atoms with Crippen LogP contribution in [0.1, 0.15) is 37.2 Å². The molecule has 3 unspecified atom stereocenters. The summed E-state index contributed by atoms with van der Waals surface area (Å²) >= 11 is 1.51. The highest BCUT2D eigenvalue weighted by molar-refractivity contribution is 8.01. The number of fused-ring (bicyclic) bond motifs is 1. The number of carboxylic acids is 1. The molecule has 2 aliphatic heterocycles. The number of nitrogens with zero attached hydrogens (tertiary/aromatic N) is 4. The molecule has 4 atom stereocenters. The highest BCUT2D eigenvalue weighted by Gasteiger charge is 2.63. The summed E-state index contributed by atoms with van der Waals surface area (Å²) in [6, 6.07) is 7.05. The van der Waals surface area contributed by atoms with Crippen LogP contribution in [-0.2, 0) is 14.4 Å². The summed E-state index contributed by atoms with van der Waals surface area (Å²) in [6.45, 7) is 3.93. The first-order chi connectivity index (χ1) is 13.3. The zero-order valence-electron chi connectivity index (χ0n) is 15.1. The number of carbonyl (C=O) groups excluding carboxylic acids is 2. The molecule has 2 aliphatic rings. The van der Waals surface area contributed by atoms with Gasteiger partial charge in [0.1, 0.15) is 17.5 Å². The third-order valence-corrected chi connectivity index (χ3v) is 6.56. The monoisotopic (exact) mass is 402 g/mol. The molecule has 2 saturated heterocycles. The highest BCUT2D eigenvalue weighted by atomic mass is 32.2. The van der Waals surface area contributed by atoms with Gasteiger partial charge in [0.05, 0.1) is 0 Å². The maximum Gasteiger partial charge on any atom is 0.320 e. The first kappa shape index (κ1) is 18.4. The number of tetrazole rings is 1. The Balaban J connectivity index is 1.54. The van der Waals surface area contributed by atoms with Gasteiger partial charge in [0.15, 0.2) is 11.7 Å². The highest BCUT2D eigenvalue weighted by Crippen LogP contribution is 2.56. The lowest BCUT2D eigenvalue weighted by Crippen LogP contribution is -2.68. The first-order valence-electron chi connectivity index (χ1n) is 8.62. The summed E-state index contributed by atoms with van der Waals surface area (Å²) in [7, 11) is 0. The predicted molar refractivity (Wildman–Crippen MR) is 98.0 cm³/mol. The maximum atomic E-state index is 12.8. The van der Waals surface area contributed by atoms with Gasteiger partial charge in [0.2, 0.25) is 11.8 Å². The molecule has 0 saturated carbocycles. The Labute approximate surface area is 164 Å². The van der Waals surface area contributed by atoms with Crippen molar-refractivity contribution in [1.29, 1.82) is 0 Å². The van der Waals surface area contributed by atoms with Crippen molar-refractivity contribution in [3.63, 3.8) is 0 Å². The molecule has 146 valence electrons. The van der Waals surface area contributed by atoms with Gasteiger partial charge in [-0.15, -0.1) is 22.0 Å². The van der Waals surface area contributed by atoms with E-state index in [-0.39, 0.29) is 17.3 Å². The van der Waals surface area contributed by atoms with Gasteiger partial charge in [0, 0.05) is 4.75 Å². The second kappa shape index (κ2) is 6.59. The number of carbonyl (C=O) groups is 3. The molecule has 11 heteroatoms. The number of β-lactam (4-membered cyclic amide) rings is 1. The Hall–Kier alpha value is -2.95. The topological polar surface area (TPSA) is 141 Å². The minimum Gasteiger partial charge on any atom is -0.480 e. The fourth-order valence-corrected chi connectivity index (χ4v) is 5.37. The van der Waals surface area contributed by atoms with Crippen LogP contribution in [0.5, 0.6) is 0 Å². The Morgan fingerprint density at radius 1 is 1.32 bits per heavy atom. The molecule has 28 heavy (non-hydrogen) atoms. The first-order valence-corrected chi connectivity index (χ1v) is 9.50. The van der Waals surface area contributed by atoms with E-state index in [4.69, 9.17) is 0 Å². The van der Waals surface area contributed by atoms with E-state index in [0.717, 1.165) is 0 Å². The van der Waals surface area contributed by atoms with Crippen LogP contribution in [0, 0.1) is 0 Å². The molecule has 1 aromatic heterocycles. The average Bonchev–Trinajstić information content (AvgIpc) is 3.24. The third kappa shape index (κ3) is 2.82. The number of carboxylic acid groups (broad SMARTS) is 1. The summed E-state index contributed by atoms with van der Waals surface area (Å²) in [5.74, 6) is -3.24. The van der Waals surface area contributed by atoms with Gasteiger partial charge in [0.25, 0.3) is 0 Å². The molecule has 0 radical (unpaired) electrons. The van der Waals surface area contributed by atoms with E-state index in [1.807, 2.05) is 13.8 Å². The number of H-pyrrole nitrogens is 1. The molecule has 0 spiro atoms. The molecule has 0 bridgehead atoms. The number of benzene rings is 1. The van der Waals surface area contributed by atoms with Gasteiger partial charge in [-0.2, -0.15) is 5.21 Å². The summed E-state index contributed by atoms with van der Waals surface area (Å²) in [5.41, 5.74) is 0.361. The van der Waals surface area contributed by atoms with Crippen molar-refractivity contribution in [1.82, 2.24) is 30.8 Å². The number of thioether (sulfide) groups is 1. The third-order valence-electron chi connectivity index (χ3n) is 4.99. The molecule has 4 rings (SSSR count). The van der Waals surface area contributed by atoms with E-state index in [2.05, 4.69) is 25.9 Å². The van der Waals surface area contributed by atoms with E-state index in [9.17, 15) is 19.5 Å². The lowest BCUT2D eigenvalue weighted by molar-refractivity contribution is -0.153. The minimum absolute atomic E-state index is 0.288. The van der Waals surface area contributed by atoms with E-state index in [1.54, 1.807) is 35.2 Å². The number of rotatable bonds is 5. The molecule has 10 nitrogen and oxygen atoms in total. The zero-order chi connectivity index (χ0) is 20.1. The lowest BCUT2D eigenvalue weighted by Gasteiger charge is -2.44. The lowest BCUT2D eigenvalue weighted by atomic mass is 9.94. The number of aromatic amines is 1. The molecule has 1 aromatic carbocycles. The van der Waals surface area contributed by atoms with E-state index < -0.39 is 28.6 Å². The van der Waals surface area contributed by atoms with Crippen molar-refractivity contribution in [3.8, 4) is 0 Å². The SMILES string of the molecule is CC1(C)S[C@@H]2C(NC(=O)C(C(=O)O)c3ccccc3)C(=O)N2C1c1nn[nH]n1. The van der Waals surface area contributed by atoms with E-state index in [1.165, 1.54) is 11.8 Å². The van der Waals surface area contributed by atoms with Crippen LogP contribution in [-0.4, -0.2) is 64.6 Å². The second-order valence-corrected chi connectivity index (χ2v) is 8.97. The van der Waals surface area contributed by atoms with E-state index in [0.29, 0.717) is 11.4 Å². The van der Waals surface area contributed by atoms with Crippen molar-refractivity contribution in [2.24, 2.45) is 0 Å². The van der Waals surface area contributed by atoms with Gasteiger partial charge in [-0.05, 0) is 19.4 Å². The van der Waals surface area contributed by atoms with Crippen molar-refractivity contribution in [3.05, 3.63) is 41.7 Å². The fourth-order valence-electron chi connectivity index (χ4n) is 3.74. The van der Waals surface area contributed by atoms with Crippen LogP contribution in [0.25, 0.3) is 0 Å². The standard InChI is InChI=1S/C17H18N6O4S/c1-17(2)11(12-19-21-22-20-12)23-14(25)10(15(23)28-17)18-13(24)9(16(26)27)8-6-4-3-5-7-8/h3-7,9-11,15H,1-2H3,(H,18,24)(H,26,27)(H,19,20,21,22)/t9?,10?,11?,15-/m1/s1. The van der Waals surface area contributed by atoms with Crippen LogP contribution in [0.4, 0.5) is 0 Å². The summed E-state index contributed by atoms with van der Waals surface area (Å²) in [5, 5.41) is 25.8. The molecule has 2 amide bonds. The summed E-state index contributed by atoms with van der Waals surface area (Å²) in [4.78, 5) is 38.7. The maximum absolute atomic E-state index is 12.8. The van der Waals surface area contributed by atoms with Crippen LogP contribution >= 0.6 is 11.8 Å². The van der Waals surface area contributed by atoms with Gasteiger partial charge in [-0.1, -0.05) is 35.5 Å². The van der Waals surface area contributed by atoms with Crippen LogP contribution in [0.2, 0.25) is 0 Å². The normalized spacial score (nSPS) is 26.3. The molecule has 2 aromatic rings. The zero-order valence-corrected chi connectivity index (χ0v) is 15.9. The molecule has 3 N–H and O–H groups in total. The number of aliphatic carboxylic acids is 1. The van der Waals surface area contributed by atoms with Gasteiger partial charge in [-0.25, -0.2) is 0 Å². The molecular formula is C17H18N6O4S. The summed E-state index contributed by atoms with van der Waals surface area (Å²) < 4.78 is -0.394. The average molecular weight is 402 g/mol. The number of hydrogen-bond donors (Lipinski definition) is 3.